The van der Waals surface area contributed by atoms with E-state index in [-0.39, 0.29) is 18.9 Å². The molecule has 0 aliphatic rings. The summed E-state index contributed by atoms with van der Waals surface area (Å²) in [7, 11) is 3.01. The smallest absolute Gasteiger partial charge is 0.389 e. The number of rotatable bonds is 7. The van der Waals surface area contributed by atoms with Crippen LogP contribution in [0.4, 0.5) is 13.2 Å². The normalized spacial score (nSPS) is 13.1. The highest BCUT2D eigenvalue weighted by Crippen LogP contribution is 2.30. The average Bonchev–Trinajstić information content (AvgIpc) is 2.41. The third-order valence-electron chi connectivity index (χ3n) is 2.93. The van der Waals surface area contributed by atoms with E-state index < -0.39 is 12.6 Å². The van der Waals surface area contributed by atoms with Crippen LogP contribution in [0.15, 0.2) is 18.2 Å². The van der Waals surface area contributed by atoms with Crippen LogP contribution in [0.3, 0.4) is 0 Å². The number of alkyl halides is 3. The lowest BCUT2D eigenvalue weighted by Gasteiger charge is -2.18. The summed E-state index contributed by atoms with van der Waals surface area (Å²) in [6, 6.07) is 4.75. The minimum Gasteiger partial charge on any atom is -0.497 e. The first-order valence-electron chi connectivity index (χ1n) is 6.15. The van der Waals surface area contributed by atoms with Crippen molar-refractivity contribution < 1.29 is 22.6 Å². The lowest BCUT2D eigenvalue weighted by atomic mass is 10.0. The number of hydrogen-bond donors (Lipinski definition) is 2. The Morgan fingerprint density at radius 1 is 1.15 bits per heavy atom. The number of halogens is 3. The lowest BCUT2D eigenvalue weighted by Crippen LogP contribution is -2.28. The van der Waals surface area contributed by atoms with E-state index in [1.807, 2.05) is 0 Å². The van der Waals surface area contributed by atoms with Gasteiger partial charge in [0, 0.05) is 18.5 Å². The summed E-state index contributed by atoms with van der Waals surface area (Å²) >= 11 is 0. The first-order valence-corrected chi connectivity index (χ1v) is 6.15. The molecule has 0 aromatic heterocycles. The molecule has 0 bridgehead atoms. The fraction of sp³-hybridized carbons (Fsp3) is 0.538. The summed E-state index contributed by atoms with van der Waals surface area (Å²) < 4.78 is 46.7. The molecule has 114 valence electrons. The van der Waals surface area contributed by atoms with Crippen LogP contribution >= 0.6 is 0 Å². The van der Waals surface area contributed by atoms with Gasteiger partial charge in [-0.15, -0.1) is 0 Å². The van der Waals surface area contributed by atoms with Gasteiger partial charge in [0.05, 0.1) is 14.2 Å². The minimum absolute atomic E-state index is 0.00209. The molecular weight excluding hydrogens is 273 g/mol. The van der Waals surface area contributed by atoms with Gasteiger partial charge in [-0.25, -0.2) is 0 Å². The van der Waals surface area contributed by atoms with Crippen LogP contribution in [-0.2, 0) is 0 Å². The van der Waals surface area contributed by atoms with Gasteiger partial charge in [0.1, 0.15) is 11.5 Å². The Balaban J connectivity index is 2.78. The van der Waals surface area contributed by atoms with Crippen molar-refractivity contribution in [1.29, 1.82) is 0 Å². The molecule has 4 nitrogen and oxygen atoms in total. The Morgan fingerprint density at radius 2 is 1.70 bits per heavy atom. The summed E-state index contributed by atoms with van der Waals surface area (Å²) in [5, 5.41) is 0. The molecule has 0 spiro atoms. The third-order valence-corrected chi connectivity index (χ3v) is 2.93. The molecule has 0 aliphatic heterocycles. The van der Waals surface area contributed by atoms with Crippen molar-refractivity contribution in [2.45, 2.75) is 31.5 Å². The van der Waals surface area contributed by atoms with E-state index in [2.05, 4.69) is 5.43 Å². The topological polar surface area (TPSA) is 56.5 Å². The maximum absolute atomic E-state index is 12.2. The van der Waals surface area contributed by atoms with Gasteiger partial charge < -0.3 is 9.47 Å². The van der Waals surface area contributed by atoms with Crippen LogP contribution in [-0.4, -0.2) is 20.4 Å². The van der Waals surface area contributed by atoms with E-state index in [4.69, 9.17) is 15.3 Å². The fourth-order valence-electron chi connectivity index (χ4n) is 1.88. The number of benzene rings is 1. The second-order valence-corrected chi connectivity index (χ2v) is 4.37. The second-order valence-electron chi connectivity index (χ2n) is 4.37. The Kier molecular flexibility index (Phi) is 6.09. The highest BCUT2D eigenvalue weighted by molar-refractivity contribution is 5.39. The van der Waals surface area contributed by atoms with Gasteiger partial charge in [-0.1, -0.05) is 0 Å². The highest BCUT2D eigenvalue weighted by atomic mass is 19.4. The third kappa shape index (κ3) is 5.26. The Morgan fingerprint density at radius 3 is 2.10 bits per heavy atom. The van der Waals surface area contributed by atoms with Gasteiger partial charge in [0.25, 0.3) is 0 Å². The maximum atomic E-state index is 12.2. The Hall–Kier alpha value is -1.47. The van der Waals surface area contributed by atoms with Crippen molar-refractivity contribution >= 4 is 0 Å². The molecule has 20 heavy (non-hydrogen) atoms. The second kappa shape index (κ2) is 7.35. The summed E-state index contributed by atoms with van der Waals surface area (Å²) in [5.74, 6) is 6.56. The largest absolute Gasteiger partial charge is 0.497 e. The molecule has 0 radical (unpaired) electrons. The molecule has 7 heteroatoms. The molecule has 1 atom stereocenters. The fourth-order valence-corrected chi connectivity index (χ4v) is 1.88. The van der Waals surface area contributed by atoms with Crippen molar-refractivity contribution in [3.63, 3.8) is 0 Å². The van der Waals surface area contributed by atoms with Crippen LogP contribution in [0.5, 0.6) is 11.5 Å². The average molecular weight is 292 g/mol. The van der Waals surface area contributed by atoms with E-state index in [1.165, 1.54) is 14.2 Å². The SMILES string of the molecule is COc1cc(OC)cc(C(CCCC(F)(F)F)NN)c1. The van der Waals surface area contributed by atoms with Crippen LogP contribution in [0, 0.1) is 0 Å². The van der Waals surface area contributed by atoms with Gasteiger partial charge in [0.2, 0.25) is 0 Å². The van der Waals surface area contributed by atoms with E-state index in [1.54, 1.807) is 18.2 Å². The maximum Gasteiger partial charge on any atom is 0.389 e. The summed E-state index contributed by atoms with van der Waals surface area (Å²) in [6.45, 7) is 0. The minimum atomic E-state index is -4.15. The van der Waals surface area contributed by atoms with Gasteiger partial charge in [-0.2, -0.15) is 13.2 Å². The standard InChI is InChI=1S/C13H19F3N2O2/c1-19-10-6-9(7-11(8-10)20-2)12(18-17)4-3-5-13(14,15)16/h6-8,12,18H,3-5,17H2,1-2H3. The summed E-state index contributed by atoms with van der Waals surface area (Å²) in [6.07, 6.45) is -4.71. The molecule has 3 N–H and O–H groups in total. The molecule has 0 saturated heterocycles. The molecule has 1 aromatic carbocycles. The molecule has 1 unspecified atom stereocenters. The lowest BCUT2D eigenvalue weighted by molar-refractivity contribution is -0.135. The van der Waals surface area contributed by atoms with Crippen molar-refractivity contribution in [1.82, 2.24) is 5.43 Å². The van der Waals surface area contributed by atoms with Crippen molar-refractivity contribution in [2.75, 3.05) is 14.2 Å². The Labute approximate surface area is 116 Å². The van der Waals surface area contributed by atoms with Gasteiger partial charge in [-0.05, 0) is 30.5 Å². The van der Waals surface area contributed by atoms with Gasteiger partial charge in [-0.3, -0.25) is 11.3 Å². The first-order chi connectivity index (χ1) is 9.39. The van der Waals surface area contributed by atoms with E-state index >= 15 is 0 Å². The zero-order chi connectivity index (χ0) is 15.2. The highest BCUT2D eigenvalue weighted by Gasteiger charge is 2.27. The monoisotopic (exact) mass is 292 g/mol. The molecule has 1 rings (SSSR count). The predicted molar refractivity (Wildman–Crippen MR) is 69.5 cm³/mol. The molecular formula is C13H19F3N2O2. The van der Waals surface area contributed by atoms with E-state index in [0.29, 0.717) is 11.5 Å². The molecule has 1 aromatic rings. The van der Waals surface area contributed by atoms with Crippen molar-refractivity contribution in [3.05, 3.63) is 23.8 Å². The first kappa shape index (κ1) is 16.6. The van der Waals surface area contributed by atoms with Gasteiger partial charge >= 0.3 is 6.18 Å². The summed E-state index contributed by atoms with van der Waals surface area (Å²) in [4.78, 5) is 0. The van der Waals surface area contributed by atoms with Gasteiger partial charge in [0.15, 0.2) is 0 Å². The zero-order valence-corrected chi connectivity index (χ0v) is 11.5. The Bertz CT molecular complexity index is 402. The predicted octanol–water partition coefficient (Wildman–Crippen LogP) is 2.94. The van der Waals surface area contributed by atoms with Crippen LogP contribution in [0.25, 0.3) is 0 Å². The number of nitrogens with two attached hydrogens (primary N) is 1. The number of hydrazine groups is 1. The van der Waals surface area contributed by atoms with Crippen molar-refractivity contribution in [3.8, 4) is 11.5 Å². The quantitative estimate of drug-likeness (QED) is 0.599. The molecule has 0 fully saturated rings. The number of methoxy groups -OCH3 is 2. The number of nitrogens with one attached hydrogen (secondary N) is 1. The molecule has 0 saturated carbocycles. The number of ether oxygens (including phenoxy) is 2. The van der Waals surface area contributed by atoms with E-state index in [9.17, 15) is 13.2 Å². The number of hydrogen-bond acceptors (Lipinski definition) is 4. The van der Waals surface area contributed by atoms with Crippen LogP contribution in [0.2, 0.25) is 0 Å². The molecule has 0 heterocycles. The van der Waals surface area contributed by atoms with E-state index in [0.717, 1.165) is 5.56 Å². The van der Waals surface area contributed by atoms with Crippen molar-refractivity contribution in [2.24, 2.45) is 5.84 Å². The van der Waals surface area contributed by atoms with Crippen LogP contribution in [0.1, 0.15) is 30.9 Å². The molecule has 0 amide bonds. The molecule has 0 aliphatic carbocycles. The van der Waals surface area contributed by atoms with Crippen LogP contribution < -0.4 is 20.7 Å². The summed E-state index contributed by atoms with van der Waals surface area (Å²) in [5.41, 5.74) is 3.26. The zero-order valence-electron chi connectivity index (χ0n) is 11.5.